The van der Waals surface area contributed by atoms with Crippen LogP contribution in [0.15, 0.2) is 27.6 Å². The van der Waals surface area contributed by atoms with E-state index in [-0.39, 0.29) is 23.6 Å². The van der Waals surface area contributed by atoms with E-state index in [0.29, 0.717) is 28.9 Å². The zero-order valence-electron chi connectivity index (χ0n) is 11.6. The van der Waals surface area contributed by atoms with Crippen LogP contribution in [-0.4, -0.2) is 45.1 Å². The Hall–Kier alpha value is -0.180. The molecule has 1 aromatic carbocycles. The fourth-order valence-electron chi connectivity index (χ4n) is 2.51. The number of nitrogens with zero attached hydrogens (tertiary/aromatic N) is 1. The first-order valence-corrected chi connectivity index (χ1v) is 9.21. The Kier molecular flexibility index (Phi) is 5.67. The number of piperidine rings is 1. The number of benzene rings is 1. The van der Waals surface area contributed by atoms with Crippen LogP contribution in [0.5, 0.6) is 0 Å². The third-order valence-corrected chi connectivity index (χ3v) is 6.88. The van der Waals surface area contributed by atoms with Crippen molar-refractivity contribution in [3.05, 3.63) is 27.7 Å². The summed E-state index contributed by atoms with van der Waals surface area (Å²) in [6, 6.07) is 4.35. The summed E-state index contributed by atoms with van der Waals surface area (Å²) in [5, 5.41) is 0.474. The summed E-state index contributed by atoms with van der Waals surface area (Å²) in [6.07, 6.45) is 1.34. The van der Waals surface area contributed by atoms with Gasteiger partial charge in [-0.25, -0.2) is 8.42 Å². The third-order valence-electron chi connectivity index (χ3n) is 3.72. The molecule has 1 aliphatic rings. The third kappa shape index (κ3) is 3.60. The van der Waals surface area contributed by atoms with Crippen molar-refractivity contribution in [2.45, 2.75) is 29.9 Å². The largest absolute Gasteiger partial charge is 0.381 e. The van der Waals surface area contributed by atoms with E-state index in [4.69, 9.17) is 22.1 Å². The van der Waals surface area contributed by atoms with E-state index in [1.807, 2.05) is 0 Å². The van der Waals surface area contributed by atoms with Crippen molar-refractivity contribution >= 4 is 37.6 Å². The molecule has 0 bridgehead atoms. The summed E-state index contributed by atoms with van der Waals surface area (Å²) >= 11 is 9.17. The Morgan fingerprint density at radius 1 is 1.52 bits per heavy atom. The molecule has 2 atom stereocenters. The van der Waals surface area contributed by atoms with E-state index in [2.05, 4.69) is 15.9 Å². The highest BCUT2D eigenvalue weighted by Crippen LogP contribution is 2.30. The quantitative estimate of drug-likeness (QED) is 0.845. The fourth-order valence-corrected chi connectivity index (χ4v) is 4.85. The summed E-state index contributed by atoms with van der Waals surface area (Å²) in [5.41, 5.74) is 5.75. The lowest BCUT2D eigenvalue weighted by atomic mass is 10.0. The first-order chi connectivity index (χ1) is 9.90. The van der Waals surface area contributed by atoms with Gasteiger partial charge in [-0.3, -0.25) is 0 Å². The van der Waals surface area contributed by atoms with Gasteiger partial charge in [-0.1, -0.05) is 11.6 Å². The summed E-state index contributed by atoms with van der Waals surface area (Å²) in [7, 11) is -1.95. The summed E-state index contributed by atoms with van der Waals surface area (Å²) in [4.78, 5) is 0.216. The van der Waals surface area contributed by atoms with Crippen LogP contribution >= 0.6 is 27.5 Å². The second kappa shape index (κ2) is 6.93. The van der Waals surface area contributed by atoms with Gasteiger partial charge in [0.05, 0.1) is 16.0 Å². The molecule has 0 saturated carbocycles. The van der Waals surface area contributed by atoms with Crippen molar-refractivity contribution < 1.29 is 13.2 Å². The van der Waals surface area contributed by atoms with Gasteiger partial charge >= 0.3 is 0 Å². The number of ether oxygens (including phenoxy) is 1. The lowest BCUT2D eigenvalue weighted by Gasteiger charge is -2.37. The van der Waals surface area contributed by atoms with Crippen LogP contribution in [0.3, 0.4) is 0 Å². The van der Waals surface area contributed by atoms with Gasteiger partial charge < -0.3 is 10.5 Å². The number of sulfonamides is 1. The number of methoxy groups -OCH3 is 1. The van der Waals surface area contributed by atoms with Crippen LogP contribution in [0.4, 0.5) is 0 Å². The Balaban J connectivity index is 2.31. The number of nitrogens with two attached hydrogens (primary N) is 1. The topological polar surface area (TPSA) is 72.6 Å². The molecular weight excluding hydrogens is 380 g/mol. The Morgan fingerprint density at radius 2 is 2.24 bits per heavy atom. The average Bonchev–Trinajstić information content (AvgIpc) is 2.49. The van der Waals surface area contributed by atoms with Gasteiger partial charge in [-0.05, 0) is 47.0 Å². The van der Waals surface area contributed by atoms with Gasteiger partial charge in [0.25, 0.3) is 0 Å². The molecule has 2 N–H and O–H groups in total. The van der Waals surface area contributed by atoms with Crippen LogP contribution in [0.25, 0.3) is 0 Å². The molecule has 1 fully saturated rings. The summed E-state index contributed by atoms with van der Waals surface area (Å²) in [6.45, 7) is 0.677. The molecule has 0 radical (unpaired) electrons. The zero-order valence-corrected chi connectivity index (χ0v) is 14.8. The fraction of sp³-hybridized carbons (Fsp3) is 0.538. The minimum absolute atomic E-state index is 0.0574. The minimum atomic E-state index is -3.59. The predicted molar refractivity (Wildman–Crippen MR) is 85.9 cm³/mol. The molecular formula is C13H18BrClN2O3S. The van der Waals surface area contributed by atoms with Crippen LogP contribution in [0.2, 0.25) is 5.02 Å². The van der Waals surface area contributed by atoms with Crippen molar-refractivity contribution in [2.75, 3.05) is 20.2 Å². The minimum Gasteiger partial charge on any atom is -0.381 e. The van der Waals surface area contributed by atoms with Crippen LogP contribution < -0.4 is 5.73 Å². The monoisotopic (exact) mass is 396 g/mol. The van der Waals surface area contributed by atoms with Crippen molar-refractivity contribution in [2.24, 2.45) is 5.73 Å². The highest BCUT2D eigenvalue weighted by Gasteiger charge is 2.36. The number of halogens is 2. The standard InChI is InChI=1S/C13H18BrClN2O3S/c1-20-10-4-5-17(9(6-10)8-16)21(18,19)11-2-3-13(15)12(14)7-11/h2-3,7,9-10H,4-6,8,16H2,1H3. The lowest BCUT2D eigenvalue weighted by Crippen LogP contribution is -2.51. The average molecular weight is 398 g/mol. The number of rotatable bonds is 4. The molecule has 0 aromatic heterocycles. The van der Waals surface area contributed by atoms with Gasteiger partial charge in [0.2, 0.25) is 10.0 Å². The molecule has 1 saturated heterocycles. The van der Waals surface area contributed by atoms with E-state index in [1.165, 1.54) is 16.4 Å². The first-order valence-electron chi connectivity index (χ1n) is 6.60. The van der Waals surface area contributed by atoms with Gasteiger partial charge in [0.1, 0.15) is 0 Å². The van der Waals surface area contributed by atoms with Gasteiger partial charge in [-0.15, -0.1) is 0 Å². The molecule has 118 valence electrons. The van der Waals surface area contributed by atoms with E-state index in [0.717, 1.165) is 0 Å². The van der Waals surface area contributed by atoms with Crippen molar-refractivity contribution in [1.29, 1.82) is 0 Å². The molecule has 1 aromatic rings. The number of hydrogen-bond acceptors (Lipinski definition) is 4. The molecule has 8 heteroatoms. The Bertz CT molecular complexity index is 611. The maximum absolute atomic E-state index is 12.8. The van der Waals surface area contributed by atoms with Crippen molar-refractivity contribution in [3.8, 4) is 0 Å². The highest BCUT2D eigenvalue weighted by atomic mass is 79.9. The molecule has 0 amide bonds. The molecule has 1 aliphatic heterocycles. The summed E-state index contributed by atoms with van der Waals surface area (Å²) in [5.74, 6) is 0. The first kappa shape index (κ1) is 17.2. The Labute approximate surface area is 138 Å². The molecule has 21 heavy (non-hydrogen) atoms. The molecule has 2 rings (SSSR count). The predicted octanol–water partition coefficient (Wildman–Crippen LogP) is 2.23. The lowest BCUT2D eigenvalue weighted by molar-refractivity contribution is 0.0401. The van der Waals surface area contributed by atoms with Crippen LogP contribution in [0.1, 0.15) is 12.8 Å². The summed E-state index contributed by atoms with van der Waals surface area (Å²) < 4.78 is 32.9. The van der Waals surface area contributed by atoms with Gasteiger partial charge in [0.15, 0.2) is 0 Å². The maximum atomic E-state index is 12.8. The van der Waals surface area contributed by atoms with E-state index >= 15 is 0 Å². The van der Waals surface area contributed by atoms with E-state index in [1.54, 1.807) is 13.2 Å². The molecule has 2 unspecified atom stereocenters. The van der Waals surface area contributed by atoms with Gasteiger partial charge in [0, 0.05) is 30.7 Å². The van der Waals surface area contributed by atoms with Crippen LogP contribution in [-0.2, 0) is 14.8 Å². The molecule has 5 nitrogen and oxygen atoms in total. The van der Waals surface area contributed by atoms with Gasteiger partial charge in [-0.2, -0.15) is 4.31 Å². The SMILES string of the molecule is COC1CCN(S(=O)(=O)c2ccc(Cl)c(Br)c2)C(CN)C1. The van der Waals surface area contributed by atoms with Crippen molar-refractivity contribution in [1.82, 2.24) is 4.31 Å². The van der Waals surface area contributed by atoms with E-state index in [9.17, 15) is 8.42 Å². The maximum Gasteiger partial charge on any atom is 0.243 e. The molecule has 0 spiro atoms. The number of hydrogen-bond donors (Lipinski definition) is 1. The highest BCUT2D eigenvalue weighted by molar-refractivity contribution is 9.10. The van der Waals surface area contributed by atoms with Crippen LogP contribution in [0, 0.1) is 0 Å². The smallest absolute Gasteiger partial charge is 0.243 e. The van der Waals surface area contributed by atoms with Crippen molar-refractivity contribution in [3.63, 3.8) is 0 Å². The second-order valence-electron chi connectivity index (χ2n) is 4.96. The Morgan fingerprint density at radius 3 is 2.81 bits per heavy atom. The molecule has 0 aliphatic carbocycles. The zero-order chi connectivity index (χ0) is 15.6. The molecule has 1 heterocycles. The second-order valence-corrected chi connectivity index (χ2v) is 8.12. The van der Waals surface area contributed by atoms with E-state index < -0.39 is 10.0 Å². The normalized spacial score (nSPS) is 24.2.